The van der Waals surface area contributed by atoms with E-state index in [0.29, 0.717) is 6.54 Å². The SMILES string of the molecule is C=CC1=C(/C=C\C)C(=O)N(C)C1.CC.CC. The quantitative estimate of drug-likeness (QED) is 0.701. The van der Waals surface area contributed by atoms with Crippen molar-refractivity contribution in [1.29, 1.82) is 0 Å². The van der Waals surface area contributed by atoms with Crippen LogP contribution in [-0.2, 0) is 4.79 Å². The molecule has 0 N–H and O–H groups in total. The summed E-state index contributed by atoms with van der Waals surface area (Å²) in [6.07, 6.45) is 5.45. The summed E-state index contributed by atoms with van der Waals surface area (Å²) in [6, 6.07) is 0. The van der Waals surface area contributed by atoms with E-state index in [-0.39, 0.29) is 5.91 Å². The molecule has 0 radical (unpaired) electrons. The standard InChI is InChI=1S/C10H13NO.2C2H6/c1-4-6-9-8(5-2)7-11(3)10(9)12;2*1-2/h4-6H,2,7H2,1,3H3;2*1-2H3/b6-4-;;. The van der Waals surface area contributed by atoms with E-state index in [1.165, 1.54) is 0 Å². The zero-order valence-corrected chi connectivity index (χ0v) is 11.5. The van der Waals surface area contributed by atoms with E-state index < -0.39 is 0 Å². The van der Waals surface area contributed by atoms with Crippen LogP contribution in [-0.4, -0.2) is 24.4 Å². The third-order valence-electron chi connectivity index (χ3n) is 1.91. The van der Waals surface area contributed by atoms with Crippen molar-refractivity contribution in [3.8, 4) is 0 Å². The summed E-state index contributed by atoms with van der Waals surface area (Å²) in [5, 5.41) is 0. The molecule has 0 aromatic carbocycles. The minimum absolute atomic E-state index is 0.0861. The van der Waals surface area contributed by atoms with Crippen LogP contribution >= 0.6 is 0 Å². The molecule has 0 aromatic rings. The van der Waals surface area contributed by atoms with Crippen molar-refractivity contribution in [2.75, 3.05) is 13.6 Å². The molecule has 0 atom stereocenters. The Hall–Kier alpha value is -1.31. The second kappa shape index (κ2) is 10.2. The van der Waals surface area contributed by atoms with Gasteiger partial charge in [0.15, 0.2) is 0 Å². The topological polar surface area (TPSA) is 20.3 Å². The van der Waals surface area contributed by atoms with E-state index in [9.17, 15) is 4.79 Å². The van der Waals surface area contributed by atoms with Crippen molar-refractivity contribution in [2.24, 2.45) is 0 Å². The van der Waals surface area contributed by atoms with Gasteiger partial charge in [0.05, 0.1) is 0 Å². The average Bonchev–Trinajstić information content (AvgIpc) is 2.62. The summed E-state index contributed by atoms with van der Waals surface area (Å²) >= 11 is 0. The summed E-state index contributed by atoms with van der Waals surface area (Å²) in [5.74, 6) is 0.0861. The first-order valence-electron chi connectivity index (χ1n) is 5.94. The molecule has 2 heteroatoms. The van der Waals surface area contributed by atoms with E-state index in [1.807, 2.05) is 46.8 Å². The molecule has 1 aliphatic heterocycles. The summed E-state index contributed by atoms with van der Waals surface area (Å²) in [4.78, 5) is 13.1. The van der Waals surface area contributed by atoms with Gasteiger partial charge in [-0.1, -0.05) is 52.5 Å². The number of amides is 1. The summed E-state index contributed by atoms with van der Waals surface area (Å²) < 4.78 is 0. The Kier molecular flexibility index (Phi) is 10.9. The van der Waals surface area contributed by atoms with Gasteiger partial charge in [-0.05, 0) is 12.5 Å². The number of carbonyl (C=O) groups excluding carboxylic acids is 1. The fourth-order valence-corrected chi connectivity index (χ4v) is 1.27. The van der Waals surface area contributed by atoms with Gasteiger partial charge in [-0.3, -0.25) is 4.79 Å². The molecule has 0 aliphatic carbocycles. The fourth-order valence-electron chi connectivity index (χ4n) is 1.27. The molecule has 1 amide bonds. The smallest absolute Gasteiger partial charge is 0.254 e. The third kappa shape index (κ3) is 4.47. The Morgan fingerprint density at radius 1 is 1.25 bits per heavy atom. The molecule has 0 saturated heterocycles. The van der Waals surface area contributed by atoms with Gasteiger partial charge >= 0.3 is 0 Å². The maximum atomic E-state index is 11.4. The van der Waals surface area contributed by atoms with Crippen LogP contribution < -0.4 is 0 Å². The average molecular weight is 223 g/mol. The molecular weight excluding hydrogens is 198 g/mol. The van der Waals surface area contributed by atoms with E-state index in [4.69, 9.17) is 0 Å². The largest absolute Gasteiger partial charge is 0.337 e. The molecule has 16 heavy (non-hydrogen) atoms. The second-order valence-corrected chi connectivity index (χ2v) is 2.80. The lowest BCUT2D eigenvalue weighted by Crippen LogP contribution is -2.21. The Balaban J connectivity index is 0. The molecule has 0 fully saturated rings. The van der Waals surface area contributed by atoms with Crippen molar-refractivity contribution in [3.05, 3.63) is 36.0 Å². The van der Waals surface area contributed by atoms with E-state index in [2.05, 4.69) is 6.58 Å². The van der Waals surface area contributed by atoms with Gasteiger partial charge in [0, 0.05) is 19.2 Å². The van der Waals surface area contributed by atoms with Crippen LogP contribution in [0.4, 0.5) is 0 Å². The Bertz CT molecular complexity index is 274. The van der Waals surface area contributed by atoms with E-state index in [1.54, 1.807) is 18.0 Å². The highest BCUT2D eigenvalue weighted by Crippen LogP contribution is 2.19. The lowest BCUT2D eigenvalue weighted by molar-refractivity contribution is -0.124. The zero-order chi connectivity index (χ0) is 13.1. The minimum atomic E-state index is 0.0861. The van der Waals surface area contributed by atoms with Crippen LogP contribution in [0.5, 0.6) is 0 Å². The highest BCUT2D eigenvalue weighted by Gasteiger charge is 2.23. The van der Waals surface area contributed by atoms with Crippen LogP contribution in [0.15, 0.2) is 36.0 Å². The van der Waals surface area contributed by atoms with Crippen molar-refractivity contribution in [2.45, 2.75) is 34.6 Å². The fraction of sp³-hybridized carbons (Fsp3) is 0.500. The molecule has 1 aliphatic rings. The first-order chi connectivity index (χ1) is 7.70. The van der Waals surface area contributed by atoms with E-state index in [0.717, 1.165) is 11.1 Å². The van der Waals surface area contributed by atoms with Crippen molar-refractivity contribution in [3.63, 3.8) is 0 Å². The van der Waals surface area contributed by atoms with Gasteiger partial charge < -0.3 is 4.90 Å². The van der Waals surface area contributed by atoms with Crippen LogP contribution in [0.25, 0.3) is 0 Å². The minimum Gasteiger partial charge on any atom is -0.337 e. The molecule has 0 spiro atoms. The lowest BCUT2D eigenvalue weighted by atomic mass is 10.1. The van der Waals surface area contributed by atoms with Crippen molar-refractivity contribution >= 4 is 5.91 Å². The number of hydrogen-bond donors (Lipinski definition) is 0. The molecule has 0 unspecified atom stereocenters. The number of hydrogen-bond acceptors (Lipinski definition) is 1. The number of rotatable bonds is 2. The number of carbonyl (C=O) groups is 1. The molecule has 92 valence electrons. The van der Waals surface area contributed by atoms with Gasteiger partial charge in [-0.25, -0.2) is 0 Å². The molecule has 0 saturated carbocycles. The van der Waals surface area contributed by atoms with Gasteiger partial charge in [-0.2, -0.15) is 0 Å². The van der Waals surface area contributed by atoms with Gasteiger partial charge in [0.1, 0.15) is 0 Å². The number of nitrogens with zero attached hydrogens (tertiary/aromatic N) is 1. The van der Waals surface area contributed by atoms with Gasteiger partial charge in [0.2, 0.25) is 0 Å². The summed E-state index contributed by atoms with van der Waals surface area (Å²) in [7, 11) is 1.79. The van der Waals surface area contributed by atoms with Crippen LogP contribution in [0, 0.1) is 0 Å². The zero-order valence-electron chi connectivity index (χ0n) is 11.5. The maximum absolute atomic E-state index is 11.4. The Morgan fingerprint density at radius 2 is 1.75 bits per heavy atom. The molecular formula is C14H25NO. The second-order valence-electron chi connectivity index (χ2n) is 2.80. The van der Waals surface area contributed by atoms with Gasteiger partial charge in [-0.15, -0.1) is 0 Å². The first kappa shape index (κ1) is 17.1. The molecule has 1 rings (SSSR count). The predicted molar refractivity (Wildman–Crippen MR) is 72.4 cm³/mol. The van der Waals surface area contributed by atoms with Crippen molar-refractivity contribution in [1.82, 2.24) is 4.90 Å². The van der Waals surface area contributed by atoms with Crippen LogP contribution in [0.3, 0.4) is 0 Å². The third-order valence-corrected chi connectivity index (χ3v) is 1.91. The first-order valence-corrected chi connectivity index (χ1v) is 5.94. The molecule has 2 nitrogen and oxygen atoms in total. The molecule has 0 bridgehead atoms. The monoisotopic (exact) mass is 223 g/mol. The van der Waals surface area contributed by atoms with E-state index >= 15 is 0 Å². The Labute approximate surface area is 100 Å². The predicted octanol–water partition coefficient (Wildman–Crippen LogP) is 3.57. The Morgan fingerprint density at radius 3 is 2.12 bits per heavy atom. The van der Waals surface area contributed by atoms with Crippen LogP contribution in [0.2, 0.25) is 0 Å². The van der Waals surface area contributed by atoms with Crippen LogP contribution in [0.1, 0.15) is 34.6 Å². The molecule has 1 heterocycles. The molecule has 0 aromatic heterocycles. The highest BCUT2D eigenvalue weighted by atomic mass is 16.2. The summed E-state index contributed by atoms with van der Waals surface area (Å²) in [5.41, 5.74) is 1.79. The lowest BCUT2D eigenvalue weighted by Gasteiger charge is -2.06. The summed E-state index contributed by atoms with van der Waals surface area (Å²) in [6.45, 7) is 14.3. The number of likely N-dealkylation sites (N-methyl/N-ethyl adjacent to an activating group) is 1. The normalized spacial score (nSPS) is 14.4. The highest BCUT2D eigenvalue weighted by molar-refractivity contribution is 6.00. The number of allylic oxidation sites excluding steroid dienone is 1. The van der Waals surface area contributed by atoms with Gasteiger partial charge in [0.25, 0.3) is 5.91 Å². The van der Waals surface area contributed by atoms with Crippen molar-refractivity contribution < 1.29 is 4.79 Å². The maximum Gasteiger partial charge on any atom is 0.254 e.